The summed E-state index contributed by atoms with van der Waals surface area (Å²) < 4.78 is 39.9. The van der Waals surface area contributed by atoms with Crippen LogP contribution in [0.2, 0.25) is 0 Å². The van der Waals surface area contributed by atoms with Crippen LogP contribution in [0.5, 0.6) is 0 Å². The molecule has 0 amide bonds. The zero-order valence-electron chi connectivity index (χ0n) is 12.9. The van der Waals surface area contributed by atoms with E-state index in [2.05, 4.69) is 25.5 Å². The molecule has 0 spiro atoms. The number of nitrogens with one attached hydrogen (secondary N) is 2. The maximum Gasteiger partial charge on any atom is 0.417 e. The molecule has 6 nitrogen and oxygen atoms in total. The summed E-state index contributed by atoms with van der Waals surface area (Å²) in [5.41, 5.74) is 1.58. The summed E-state index contributed by atoms with van der Waals surface area (Å²) in [5.74, 6) is 0.416. The van der Waals surface area contributed by atoms with Crippen molar-refractivity contribution in [2.75, 3.05) is 0 Å². The van der Waals surface area contributed by atoms with E-state index < -0.39 is 11.7 Å². The molecule has 4 heterocycles. The molecule has 0 unspecified atom stereocenters. The first-order chi connectivity index (χ1) is 12.0. The summed E-state index contributed by atoms with van der Waals surface area (Å²) >= 11 is 0. The number of fused-ring (bicyclic) bond motifs is 2. The van der Waals surface area contributed by atoms with Crippen molar-refractivity contribution in [1.82, 2.24) is 29.9 Å². The Morgan fingerprint density at radius 3 is 2.80 bits per heavy atom. The third kappa shape index (κ3) is 3.05. The SMILES string of the molecule is FC(F)(F)c1ccc2nnc(CNCc3cc4cnccc4[nH]3)n2c1. The van der Waals surface area contributed by atoms with Crippen molar-refractivity contribution >= 4 is 16.6 Å². The molecule has 0 bridgehead atoms. The minimum Gasteiger partial charge on any atom is -0.357 e. The number of H-pyrrole nitrogens is 1. The van der Waals surface area contributed by atoms with Gasteiger partial charge >= 0.3 is 6.18 Å². The molecule has 0 aliphatic rings. The molecule has 0 aliphatic heterocycles. The molecule has 0 saturated heterocycles. The first-order valence-corrected chi connectivity index (χ1v) is 7.54. The average Bonchev–Trinajstić information content (AvgIpc) is 3.17. The van der Waals surface area contributed by atoms with Gasteiger partial charge in [0.15, 0.2) is 11.5 Å². The van der Waals surface area contributed by atoms with Crippen LogP contribution in [0.25, 0.3) is 16.6 Å². The van der Waals surface area contributed by atoms with Gasteiger partial charge in [-0.25, -0.2) is 0 Å². The van der Waals surface area contributed by atoms with Crippen molar-refractivity contribution < 1.29 is 13.2 Å². The number of alkyl halides is 3. The van der Waals surface area contributed by atoms with Crippen molar-refractivity contribution in [3.05, 3.63) is 59.9 Å². The summed E-state index contributed by atoms with van der Waals surface area (Å²) in [6.45, 7) is 0.804. The Bertz CT molecular complexity index is 1000. The summed E-state index contributed by atoms with van der Waals surface area (Å²) in [7, 11) is 0. The Balaban J connectivity index is 1.50. The number of pyridine rings is 2. The number of hydrogen-bond acceptors (Lipinski definition) is 4. The lowest BCUT2D eigenvalue weighted by Crippen LogP contribution is -2.15. The molecule has 0 saturated carbocycles. The minimum atomic E-state index is -4.40. The smallest absolute Gasteiger partial charge is 0.357 e. The van der Waals surface area contributed by atoms with Crippen LogP contribution in [0, 0.1) is 0 Å². The Morgan fingerprint density at radius 2 is 2.00 bits per heavy atom. The van der Waals surface area contributed by atoms with E-state index in [9.17, 15) is 13.2 Å². The molecular weight excluding hydrogens is 333 g/mol. The largest absolute Gasteiger partial charge is 0.417 e. The molecule has 0 aromatic carbocycles. The highest BCUT2D eigenvalue weighted by molar-refractivity contribution is 5.79. The van der Waals surface area contributed by atoms with Gasteiger partial charge < -0.3 is 10.3 Å². The van der Waals surface area contributed by atoms with Crippen LogP contribution in [0.3, 0.4) is 0 Å². The van der Waals surface area contributed by atoms with Gasteiger partial charge in [-0.2, -0.15) is 13.2 Å². The summed E-state index contributed by atoms with van der Waals surface area (Å²) in [4.78, 5) is 7.30. The zero-order chi connectivity index (χ0) is 17.4. The molecule has 4 aromatic rings. The first kappa shape index (κ1) is 15.6. The highest BCUT2D eigenvalue weighted by Gasteiger charge is 2.31. The molecule has 25 heavy (non-hydrogen) atoms. The Labute approximate surface area is 139 Å². The monoisotopic (exact) mass is 346 g/mol. The maximum absolute atomic E-state index is 12.8. The lowest BCUT2D eigenvalue weighted by Gasteiger charge is -2.07. The van der Waals surface area contributed by atoms with E-state index >= 15 is 0 Å². The van der Waals surface area contributed by atoms with E-state index in [1.807, 2.05) is 12.1 Å². The van der Waals surface area contributed by atoms with E-state index in [0.717, 1.165) is 28.9 Å². The molecule has 0 atom stereocenters. The lowest BCUT2D eigenvalue weighted by molar-refractivity contribution is -0.137. The summed E-state index contributed by atoms with van der Waals surface area (Å²) in [5, 5.41) is 12.0. The van der Waals surface area contributed by atoms with Gasteiger partial charge in [0.1, 0.15) is 0 Å². The number of nitrogens with zero attached hydrogens (tertiary/aromatic N) is 4. The Hall–Kier alpha value is -2.94. The van der Waals surface area contributed by atoms with Gasteiger partial charge in [-0.15, -0.1) is 10.2 Å². The maximum atomic E-state index is 12.8. The molecule has 4 aromatic heterocycles. The normalized spacial score (nSPS) is 12.3. The third-order valence-corrected chi connectivity index (χ3v) is 3.88. The second kappa shape index (κ2) is 5.85. The van der Waals surface area contributed by atoms with E-state index in [0.29, 0.717) is 18.0 Å². The molecule has 2 N–H and O–H groups in total. The van der Waals surface area contributed by atoms with Gasteiger partial charge in [-0.05, 0) is 24.3 Å². The van der Waals surface area contributed by atoms with E-state index in [4.69, 9.17) is 0 Å². The van der Waals surface area contributed by atoms with Crippen molar-refractivity contribution in [1.29, 1.82) is 0 Å². The van der Waals surface area contributed by atoms with Crippen LogP contribution in [0.1, 0.15) is 17.1 Å². The van der Waals surface area contributed by atoms with Crippen LogP contribution in [0.15, 0.2) is 42.9 Å². The van der Waals surface area contributed by atoms with Crippen LogP contribution in [0.4, 0.5) is 13.2 Å². The van der Waals surface area contributed by atoms with Crippen LogP contribution < -0.4 is 5.32 Å². The Morgan fingerprint density at radius 1 is 1.12 bits per heavy atom. The van der Waals surface area contributed by atoms with Crippen LogP contribution >= 0.6 is 0 Å². The number of aromatic nitrogens is 5. The number of hydrogen-bond donors (Lipinski definition) is 2. The zero-order valence-corrected chi connectivity index (χ0v) is 12.9. The fraction of sp³-hybridized carbons (Fsp3) is 0.188. The Kier molecular flexibility index (Phi) is 3.65. The van der Waals surface area contributed by atoms with Gasteiger partial charge in [-0.1, -0.05) is 0 Å². The van der Waals surface area contributed by atoms with Crippen LogP contribution in [-0.4, -0.2) is 24.6 Å². The highest BCUT2D eigenvalue weighted by Crippen LogP contribution is 2.29. The van der Waals surface area contributed by atoms with E-state index in [1.165, 1.54) is 10.5 Å². The van der Waals surface area contributed by atoms with Crippen LogP contribution in [-0.2, 0) is 19.3 Å². The second-order valence-electron chi connectivity index (χ2n) is 5.62. The predicted octanol–water partition coefficient (Wildman–Crippen LogP) is 2.91. The van der Waals surface area contributed by atoms with Crippen molar-refractivity contribution in [2.45, 2.75) is 19.3 Å². The molecule has 0 fully saturated rings. The van der Waals surface area contributed by atoms with Crippen molar-refractivity contribution in [3.63, 3.8) is 0 Å². The molecule has 4 rings (SSSR count). The van der Waals surface area contributed by atoms with Crippen molar-refractivity contribution in [2.24, 2.45) is 0 Å². The lowest BCUT2D eigenvalue weighted by atomic mass is 10.3. The molecule has 9 heteroatoms. The summed E-state index contributed by atoms with van der Waals surface area (Å²) in [6.07, 6.45) is 0.0825. The van der Waals surface area contributed by atoms with Crippen molar-refractivity contribution in [3.8, 4) is 0 Å². The fourth-order valence-electron chi connectivity index (χ4n) is 2.66. The van der Waals surface area contributed by atoms with Gasteiger partial charge in [0.25, 0.3) is 0 Å². The molecule has 0 aliphatic carbocycles. The molecular formula is C16H13F3N6. The predicted molar refractivity (Wildman–Crippen MR) is 84.6 cm³/mol. The quantitative estimate of drug-likeness (QED) is 0.596. The number of halogens is 3. The number of aromatic amines is 1. The average molecular weight is 346 g/mol. The molecule has 0 radical (unpaired) electrons. The van der Waals surface area contributed by atoms with Gasteiger partial charge in [0.2, 0.25) is 0 Å². The second-order valence-corrected chi connectivity index (χ2v) is 5.62. The highest BCUT2D eigenvalue weighted by atomic mass is 19.4. The van der Waals surface area contributed by atoms with Gasteiger partial charge in [0, 0.05) is 41.7 Å². The van der Waals surface area contributed by atoms with Gasteiger partial charge in [-0.3, -0.25) is 9.38 Å². The third-order valence-electron chi connectivity index (χ3n) is 3.88. The van der Waals surface area contributed by atoms with E-state index in [-0.39, 0.29) is 6.54 Å². The minimum absolute atomic E-state index is 0.288. The van der Waals surface area contributed by atoms with Gasteiger partial charge in [0.05, 0.1) is 12.1 Å². The summed E-state index contributed by atoms with van der Waals surface area (Å²) in [6, 6.07) is 6.16. The standard InChI is InChI=1S/C16H13F3N6/c17-16(18,19)11-1-2-14-23-24-15(25(14)9-11)8-21-7-12-5-10-6-20-4-3-13(10)22-12/h1-6,9,21-22H,7-8H2. The fourth-order valence-corrected chi connectivity index (χ4v) is 2.66. The first-order valence-electron chi connectivity index (χ1n) is 7.54. The molecule has 128 valence electrons. The van der Waals surface area contributed by atoms with E-state index in [1.54, 1.807) is 12.4 Å². The number of rotatable bonds is 4. The topological polar surface area (TPSA) is 70.9 Å².